The largest absolute Gasteiger partial charge is 0.481 e. The van der Waals surface area contributed by atoms with Gasteiger partial charge in [0.2, 0.25) is 0 Å². The smallest absolute Gasteiger partial charge is 0.314 e. The quantitative estimate of drug-likeness (QED) is 0.317. The van der Waals surface area contributed by atoms with Crippen LogP contribution < -0.4 is 21.3 Å². The van der Waals surface area contributed by atoms with Gasteiger partial charge in [0.25, 0.3) is 0 Å². The lowest BCUT2D eigenvalue weighted by Gasteiger charge is -2.11. The molecule has 8 nitrogen and oxygen atoms in total. The monoisotopic (exact) mass is 276 g/mol. The summed E-state index contributed by atoms with van der Waals surface area (Å²) in [5.41, 5.74) is 0. The highest BCUT2D eigenvalue weighted by atomic mass is 16.4. The van der Waals surface area contributed by atoms with E-state index in [9.17, 15) is 9.59 Å². The fraction of sp³-hybridized carbons (Fsp3) is 0.818. The number of carbonyl (C=O) groups is 2. The molecule has 0 saturated carbocycles. The van der Waals surface area contributed by atoms with E-state index < -0.39 is 18.4 Å². The Hall–Kier alpha value is -1.22. The van der Waals surface area contributed by atoms with Crippen molar-refractivity contribution in [1.29, 1.82) is 0 Å². The molecule has 19 heavy (non-hydrogen) atoms. The average molecular weight is 276 g/mol. The maximum absolute atomic E-state index is 9.43. The van der Waals surface area contributed by atoms with E-state index in [-0.39, 0.29) is 0 Å². The van der Waals surface area contributed by atoms with E-state index >= 15 is 0 Å². The van der Waals surface area contributed by atoms with E-state index in [4.69, 9.17) is 10.2 Å². The number of aliphatic carboxylic acids is 2. The minimum absolute atomic E-state index is 0.806. The molecule has 0 amide bonds. The van der Waals surface area contributed by atoms with E-state index in [1.54, 1.807) is 0 Å². The molecule has 0 radical (unpaired) electrons. The molecule has 112 valence electrons. The van der Waals surface area contributed by atoms with Crippen LogP contribution in [0.2, 0.25) is 0 Å². The van der Waals surface area contributed by atoms with Crippen molar-refractivity contribution in [3.8, 4) is 0 Å². The Morgan fingerprint density at radius 2 is 0.842 bits per heavy atom. The second kappa shape index (κ2) is 13.2. The summed E-state index contributed by atoms with van der Waals surface area (Å²) in [5.74, 6) is -2.62. The Labute approximate surface area is 112 Å². The Balaban J connectivity index is 0.000000256. The molecular formula is C11H24N4O4. The normalized spacial score (nSPS) is 18.1. The first-order valence-electron chi connectivity index (χ1n) is 6.39. The second-order valence-corrected chi connectivity index (χ2v) is 3.96. The molecule has 0 aromatic rings. The Kier molecular flexibility index (Phi) is 12.4. The van der Waals surface area contributed by atoms with Crippen LogP contribution in [0.4, 0.5) is 0 Å². The topological polar surface area (TPSA) is 123 Å². The predicted molar refractivity (Wildman–Crippen MR) is 71.4 cm³/mol. The third-order valence-electron chi connectivity index (χ3n) is 2.22. The lowest BCUT2D eigenvalue weighted by atomic mass is 10.4. The van der Waals surface area contributed by atoms with Crippen LogP contribution in [-0.2, 0) is 9.59 Å². The van der Waals surface area contributed by atoms with Gasteiger partial charge in [-0.2, -0.15) is 0 Å². The highest BCUT2D eigenvalue weighted by Crippen LogP contribution is 1.74. The Morgan fingerprint density at radius 3 is 0.895 bits per heavy atom. The summed E-state index contributed by atoms with van der Waals surface area (Å²) < 4.78 is 0. The predicted octanol–water partition coefficient (Wildman–Crippen LogP) is -2.10. The average Bonchev–Trinajstić information content (AvgIpc) is 2.42. The molecule has 0 atom stereocenters. The molecular weight excluding hydrogens is 252 g/mol. The van der Waals surface area contributed by atoms with Gasteiger partial charge >= 0.3 is 11.9 Å². The number of hydrogen-bond donors (Lipinski definition) is 6. The number of nitrogens with one attached hydrogen (secondary N) is 4. The molecule has 2 heterocycles. The van der Waals surface area contributed by atoms with Crippen molar-refractivity contribution < 1.29 is 19.8 Å². The van der Waals surface area contributed by atoms with Gasteiger partial charge in [0.05, 0.1) is 0 Å². The molecule has 2 fully saturated rings. The van der Waals surface area contributed by atoms with Gasteiger partial charge in [-0.15, -0.1) is 0 Å². The maximum atomic E-state index is 9.43. The third-order valence-corrected chi connectivity index (χ3v) is 2.22. The van der Waals surface area contributed by atoms with Crippen LogP contribution in [0, 0.1) is 0 Å². The summed E-state index contributed by atoms with van der Waals surface area (Å²) in [4.78, 5) is 18.9. The highest BCUT2D eigenvalue weighted by molar-refractivity contribution is 5.88. The van der Waals surface area contributed by atoms with Gasteiger partial charge in [0.15, 0.2) is 0 Å². The molecule has 0 aliphatic carbocycles. The van der Waals surface area contributed by atoms with Crippen LogP contribution in [-0.4, -0.2) is 74.5 Å². The van der Waals surface area contributed by atoms with Crippen molar-refractivity contribution in [1.82, 2.24) is 21.3 Å². The van der Waals surface area contributed by atoms with Gasteiger partial charge in [0, 0.05) is 52.4 Å². The van der Waals surface area contributed by atoms with Gasteiger partial charge in [-0.05, 0) is 0 Å². The van der Waals surface area contributed by atoms with Crippen LogP contribution in [0.25, 0.3) is 0 Å². The molecule has 0 aromatic carbocycles. The number of hydrogen-bond acceptors (Lipinski definition) is 6. The molecule has 2 aliphatic heterocycles. The van der Waals surface area contributed by atoms with Crippen molar-refractivity contribution in [2.45, 2.75) is 6.42 Å². The molecule has 0 aromatic heterocycles. The van der Waals surface area contributed by atoms with Gasteiger partial charge in [0.1, 0.15) is 6.42 Å². The highest BCUT2D eigenvalue weighted by Gasteiger charge is 2.01. The number of carboxylic acids is 2. The molecule has 2 aliphatic rings. The van der Waals surface area contributed by atoms with E-state index in [0.29, 0.717) is 0 Å². The van der Waals surface area contributed by atoms with Crippen molar-refractivity contribution in [3.63, 3.8) is 0 Å². The SMILES string of the molecule is C1CNCCN1.C1CNCCN1.O=C(O)CC(=O)O. The zero-order chi connectivity index (χ0) is 14.3. The van der Waals surface area contributed by atoms with Crippen LogP contribution >= 0.6 is 0 Å². The van der Waals surface area contributed by atoms with Crippen molar-refractivity contribution >= 4 is 11.9 Å². The zero-order valence-electron chi connectivity index (χ0n) is 11.1. The van der Waals surface area contributed by atoms with Crippen molar-refractivity contribution in [3.05, 3.63) is 0 Å². The number of carboxylic acid groups (broad SMARTS) is 2. The van der Waals surface area contributed by atoms with Gasteiger partial charge in [-0.25, -0.2) is 0 Å². The summed E-state index contributed by atoms with van der Waals surface area (Å²) in [6, 6.07) is 0. The Morgan fingerprint density at radius 1 is 0.632 bits per heavy atom. The van der Waals surface area contributed by atoms with E-state index in [1.165, 1.54) is 0 Å². The molecule has 2 rings (SSSR count). The first kappa shape index (κ1) is 17.8. The first-order valence-corrected chi connectivity index (χ1v) is 6.39. The fourth-order valence-corrected chi connectivity index (χ4v) is 1.34. The zero-order valence-corrected chi connectivity index (χ0v) is 11.1. The summed E-state index contributed by atoms with van der Waals surface area (Å²) in [6.45, 7) is 9.11. The molecule has 0 unspecified atom stereocenters. The standard InChI is InChI=1S/2C4H10N2.C3H4O4/c2*1-2-6-4-3-5-1;4-2(5)1-3(6)7/h2*5-6H,1-4H2;1H2,(H,4,5)(H,6,7). The van der Waals surface area contributed by atoms with Crippen LogP contribution in [0.15, 0.2) is 0 Å². The summed E-state index contributed by atoms with van der Waals surface area (Å²) in [7, 11) is 0. The van der Waals surface area contributed by atoms with Crippen LogP contribution in [0.3, 0.4) is 0 Å². The third kappa shape index (κ3) is 16.8. The lowest BCUT2D eigenvalue weighted by Crippen LogP contribution is -2.39. The fourth-order valence-electron chi connectivity index (χ4n) is 1.34. The van der Waals surface area contributed by atoms with Gasteiger partial charge in [-0.3, -0.25) is 9.59 Å². The summed E-state index contributed by atoms with van der Waals surface area (Å²) in [5, 5.41) is 28.3. The second-order valence-electron chi connectivity index (χ2n) is 3.96. The number of piperazine rings is 2. The first-order chi connectivity index (χ1) is 9.13. The maximum Gasteiger partial charge on any atom is 0.314 e. The minimum atomic E-state index is -1.31. The van der Waals surface area contributed by atoms with E-state index in [1.807, 2.05) is 0 Å². The van der Waals surface area contributed by atoms with Crippen LogP contribution in [0.1, 0.15) is 6.42 Å². The van der Waals surface area contributed by atoms with Crippen molar-refractivity contribution in [2.75, 3.05) is 52.4 Å². The van der Waals surface area contributed by atoms with E-state index in [0.717, 1.165) is 52.4 Å². The molecule has 0 spiro atoms. The van der Waals surface area contributed by atoms with Gasteiger partial charge < -0.3 is 31.5 Å². The van der Waals surface area contributed by atoms with E-state index in [2.05, 4.69) is 21.3 Å². The summed E-state index contributed by atoms with van der Waals surface area (Å²) >= 11 is 0. The molecule has 0 bridgehead atoms. The minimum Gasteiger partial charge on any atom is -0.481 e. The van der Waals surface area contributed by atoms with Gasteiger partial charge in [-0.1, -0.05) is 0 Å². The molecule has 8 heteroatoms. The lowest BCUT2D eigenvalue weighted by molar-refractivity contribution is -0.147. The number of rotatable bonds is 2. The summed E-state index contributed by atoms with van der Waals surface area (Å²) in [6.07, 6.45) is -0.806. The van der Waals surface area contributed by atoms with Crippen LogP contribution in [0.5, 0.6) is 0 Å². The molecule has 6 N–H and O–H groups in total. The molecule has 2 saturated heterocycles. The van der Waals surface area contributed by atoms with Crippen molar-refractivity contribution in [2.24, 2.45) is 0 Å². The Bertz CT molecular complexity index is 196.